The first kappa shape index (κ1) is 20.5. The second kappa shape index (κ2) is 11.1. The molecule has 6 heteroatoms. The van der Waals surface area contributed by atoms with Gasteiger partial charge in [0.1, 0.15) is 5.57 Å². The molecule has 1 aromatic carbocycles. The molecule has 0 saturated heterocycles. The molecule has 0 aromatic heterocycles. The average Bonchev–Trinajstić information content (AvgIpc) is 2.65. The van der Waals surface area contributed by atoms with Crippen LogP contribution in [-0.2, 0) is 19.1 Å². The first-order valence-corrected chi connectivity index (χ1v) is 8.26. The minimum Gasteiger partial charge on any atom is -0.493 e. The Morgan fingerprint density at radius 1 is 0.960 bits per heavy atom. The molecule has 0 amide bonds. The zero-order valence-corrected chi connectivity index (χ0v) is 15.3. The van der Waals surface area contributed by atoms with E-state index in [9.17, 15) is 9.59 Å². The first-order chi connectivity index (χ1) is 12.1. The van der Waals surface area contributed by atoms with Crippen LogP contribution in [0, 0.1) is 0 Å². The Morgan fingerprint density at radius 2 is 1.64 bits per heavy atom. The fraction of sp³-hybridized carbons (Fsp3) is 0.474. The topological polar surface area (TPSA) is 71.1 Å². The predicted octanol–water partition coefficient (Wildman–Crippen LogP) is 3.38. The van der Waals surface area contributed by atoms with E-state index in [2.05, 4.69) is 16.4 Å². The normalized spacial score (nSPS) is 9.92. The summed E-state index contributed by atoms with van der Waals surface area (Å²) < 4.78 is 20.3. The van der Waals surface area contributed by atoms with E-state index in [1.807, 2.05) is 0 Å². The highest BCUT2D eigenvalue weighted by molar-refractivity contribution is 6.17. The smallest absolute Gasteiger partial charge is 0.345 e. The van der Waals surface area contributed by atoms with Crippen LogP contribution in [0.1, 0.15) is 38.2 Å². The number of benzene rings is 1. The van der Waals surface area contributed by atoms with E-state index in [0.29, 0.717) is 23.7 Å². The van der Waals surface area contributed by atoms with Crippen molar-refractivity contribution in [1.29, 1.82) is 0 Å². The molecule has 0 saturated carbocycles. The monoisotopic (exact) mass is 350 g/mol. The zero-order valence-electron chi connectivity index (χ0n) is 15.3. The number of hydrogen-bond acceptors (Lipinski definition) is 6. The van der Waals surface area contributed by atoms with Crippen LogP contribution in [-0.4, -0.2) is 39.9 Å². The van der Waals surface area contributed by atoms with Crippen molar-refractivity contribution >= 4 is 18.0 Å². The van der Waals surface area contributed by atoms with E-state index in [1.165, 1.54) is 40.2 Å². The number of unbranched alkanes of at least 4 members (excludes halogenated alkanes) is 3. The molecule has 0 aliphatic carbocycles. The van der Waals surface area contributed by atoms with Crippen LogP contribution in [0.4, 0.5) is 0 Å². The second-order valence-electron chi connectivity index (χ2n) is 5.36. The van der Waals surface area contributed by atoms with Gasteiger partial charge in [-0.3, -0.25) is 0 Å². The van der Waals surface area contributed by atoms with Crippen LogP contribution < -0.4 is 9.47 Å². The molecule has 6 nitrogen and oxygen atoms in total. The maximum Gasteiger partial charge on any atom is 0.345 e. The van der Waals surface area contributed by atoms with E-state index >= 15 is 0 Å². The summed E-state index contributed by atoms with van der Waals surface area (Å²) in [7, 11) is 3.94. The third-order valence-corrected chi connectivity index (χ3v) is 3.56. The van der Waals surface area contributed by atoms with Crippen molar-refractivity contribution in [3.05, 3.63) is 29.3 Å². The van der Waals surface area contributed by atoms with Gasteiger partial charge in [0.25, 0.3) is 0 Å². The molecule has 0 aliphatic heterocycles. The lowest BCUT2D eigenvalue weighted by Crippen LogP contribution is -2.15. The van der Waals surface area contributed by atoms with Gasteiger partial charge in [-0.15, -0.1) is 0 Å². The Bertz CT molecular complexity index is 588. The predicted molar refractivity (Wildman–Crippen MR) is 94.6 cm³/mol. The third-order valence-electron chi connectivity index (χ3n) is 3.56. The lowest BCUT2D eigenvalue weighted by molar-refractivity contribution is -0.143. The highest BCUT2D eigenvalue weighted by Gasteiger charge is 2.20. The van der Waals surface area contributed by atoms with Crippen molar-refractivity contribution in [2.75, 3.05) is 27.9 Å². The Balaban J connectivity index is 2.93. The Morgan fingerprint density at radius 3 is 2.20 bits per heavy atom. The lowest BCUT2D eigenvalue weighted by Gasteiger charge is -2.11. The number of ether oxygens (including phenoxy) is 4. The van der Waals surface area contributed by atoms with Gasteiger partial charge in [0.05, 0.1) is 27.9 Å². The second-order valence-corrected chi connectivity index (χ2v) is 5.36. The summed E-state index contributed by atoms with van der Waals surface area (Å²) in [5, 5.41) is 0. The Labute approximate surface area is 148 Å². The van der Waals surface area contributed by atoms with Gasteiger partial charge >= 0.3 is 11.9 Å². The standard InChI is InChI=1S/C19H26O6/c1-5-6-7-8-11-25-16-10-9-14(13-17(16)22-2)12-15(18(20)23-3)19(21)24-4/h9-10,12-13H,5-8,11H2,1-4H3. The minimum atomic E-state index is -0.762. The molecular weight excluding hydrogens is 324 g/mol. The number of carbonyl (C=O) groups excluding carboxylic acids is 2. The summed E-state index contributed by atoms with van der Waals surface area (Å²) in [5.74, 6) is -0.378. The molecule has 25 heavy (non-hydrogen) atoms. The molecule has 0 heterocycles. The molecule has 0 fully saturated rings. The summed E-state index contributed by atoms with van der Waals surface area (Å²) in [5.41, 5.74) is 0.404. The Hall–Kier alpha value is -2.50. The van der Waals surface area contributed by atoms with Crippen LogP contribution in [0.15, 0.2) is 23.8 Å². The zero-order chi connectivity index (χ0) is 18.7. The quantitative estimate of drug-likeness (QED) is 0.212. The van der Waals surface area contributed by atoms with Gasteiger partial charge in [-0.1, -0.05) is 32.3 Å². The molecule has 0 bridgehead atoms. The van der Waals surface area contributed by atoms with Crippen molar-refractivity contribution in [2.45, 2.75) is 32.6 Å². The molecule has 0 unspecified atom stereocenters. The van der Waals surface area contributed by atoms with Gasteiger partial charge in [0, 0.05) is 0 Å². The number of rotatable bonds is 10. The largest absolute Gasteiger partial charge is 0.493 e. The fourth-order valence-corrected chi connectivity index (χ4v) is 2.19. The SMILES string of the molecule is CCCCCCOc1ccc(C=C(C(=O)OC)C(=O)OC)cc1OC. The average molecular weight is 350 g/mol. The highest BCUT2D eigenvalue weighted by atomic mass is 16.5. The van der Waals surface area contributed by atoms with E-state index in [-0.39, 0.29) is 5.57 Å². The van der Waals surface area contributed by atoms with Crippen LogP contribution in [0.2, 0.25) is 0 Å². The summed E-state index contributed by atoms with van der Waals surface area (Å²) in [6.07, 6.45) is 5.86. The molecule has 1 aromatic rings. The highest BCUT2D eigenvalue weighted by Crippen LogP contribution is 2.29. The van der Waals surface area contributed by atoms with Crippen molar-refractivity contribution in [3.63, 3.8) is 0 Å². The number of hydrogen-bond donors (Lipinski definition) is 0. The van der Waals surface area contributed by atoms with Gasteiger partial charge in [0.15, 0.2) is 11.5 Å². The molecule has 1 rings (SSSR count). The van der Waals surface area contributed by atoms with Gasteiger partial charge < -0.3 is 18.9 Å². The van der Waals surface area contributed by atoms with Crippen LogP contribution in [0.25, 0.3) is 6.08 Å². The molecule has 0 spiro atoms. The van der Waals surface area contributed by atoms with Crippen LogP contribution in [0.5, 0.6) is 11.5 Å². The van der Waals surface area contributed by atoms with Gasteiger partial charge in [-0.25, -0.2) is 9.59 Å². The molecular formula is C19H26O6. The van der Waals surface area contributed by atoms with E-state index in [4.69, 9.17) is 9.47 Å². The number of esters is 2. The molecule has 138 valence electrons. The summed E-state index contributed by atoms with van der Waals surface area (Å²) in [4.78, 5) is 23.4. The van der Waals surface area contributed by atoms with Gasteiger partial charge in [-0.05, 0) is 30.2 Å². The molecule has 0 atom stereocenters. The van der Waals surface area contributed by atoms with E-state index in [1.54, 1.807) is 18.2 Å². The minimum absolute atomic E-state index is 0.194. The number of methoxy groups -OCH3 is 3. The summed E-state index contributed by atoms with van der Waals surface area (Å²) in [6.45, 7) is 2.77. The molecule has 0 radical (unpaired) electrons. The van der Waals surface area contributed by atoms with Crippen molar-refractivity contribution < 1.29 is 28.5 Å². The van der Waals surface area contributed by atoms with E-state index < -0.39 is 11.9 Å². The van der Waals surface area contributed by atoms with Crippen molar-refractivity contribution in [1.82, 2.24) is 0 Å². The van der Waals surface area contributed by atoms with Gasteiger partial charge in [-0.2, -0.15) is 0 Å². The Kier molecular flexibility index (Phi) is 9.14. The summed E-state index contributed by atoms with van der Waals surface area (Å²) >= 11 is 0. The maximum atomic E-state index is 11.7. The lowest BCUT2D eigenvalue weighted by atomic mass is 10.1. The third kappa shape index (κ3) is 6.49. The molecule has 0 N–H and O–H groups in total. The van der Waals surface area contributed by atoms with Crippen molar-refractivity contribution in [3.8, 4) is 11.5 Å². The number of carbonyl (C=O) groups is 2. The van der Waals surface area contributed by atoms with Crippen LogP contribution >= 0.6 is 0 Å². The first-order valence-electron chi connectivity index (χ1n) is 8.26. The maximum absolute atomic E-state index is 11.7. The van der Waals surface area contributed by atoms with Crippen LogP contribution in [0.3, 0.4) is 0 Å². The van der Waals surface area contributed by atoms with E-state index in [0.717, 1.165) is 12.8 Å². The fourth-order valence-electron chi connectivity index (χ4n) is 2.19. The van der Waals surface area contributed by atoms with Crippen molar-refractivity contribution in [2.24, 2.45) is 0 Å². The molecule has 0 aliphatic rings. The summed E-state index contributed by atoms with van der Waals surface area (Å²) in [6, 6.07) is 5.17. The van der Waals surface area contributed by atoms with Gasteiger partial charge in [0.2, 0.25) is 0 Å².